The summed E-state index contributed by atoms with van der Waals surface area (Å²) in [5.74, 6) is 1.21. The number of fused-ring (bicyclic) bond motifs is 2. The number of rotatable bonds is 5. The van der Waals surface area contributed by atoms with Crippen LogP contribution in [0.25, 0.3) is 21.5 Å². The van der Waals surface area contributed by atoms with Crippen molar-refractivity contribution in [2.24, 2.45) is 0 Å². The van der Waals surface area contributed by atoms with Gasteiger partial charge in [-0.3, -0.25) is 0 Å². The van der Waals surface area contributed by atoms with Crippen molar-refractivity contribution in [2.75, 3.05) is 6.61 Å². The third kappa shape index (κ3) is 2.80. The lowest BCUT2D eigenvalue weighted by atomic mass is 10.0. The summed E-state index contributed by atoms with van der Waals surface area (Å²) in [5, 5.41) is 14.1. The summed E-state index contributed by atoms with van der Waals surface area (Å²) in [6.45, 7) is 2.93. The highest BCUT2D eigenvalue weighted by molar-refractivity contribution is 6.02. The Bertz CT molecular complexity index is 762. The number of benzene rings is 3. The highest BCUT2D eigenvalue weighted by atomic mass is 16.5. The van der Waals surface area contributed by atoms with Gasteiger partial charge in [0.15, 0.2) is 0 Å². The Morgan fingerprint density at radius 1 is 0.905 bits per heavy atom. The van der Waals surface area contributed by atoms with E-state index in [1.807, 2.05) is 30.3 Å². The second kappa shape index (κ2) is 6.04. The van der Waals surface area contributed by atoms with Gasteiger partial charge in [0.2, 0.25) is 0 Å². The number of hydrogen-bond acceptors (Lipinski definition) is 2. The summed E-state index contributed by atoms with van der Waals surface area (Å²) in [7, 11) is 0. The minimum absolute atomic E-state index is 0.315. The highest BCUT2D eigenvalue weighted by Gasteiger charge is 2.06. The molecule has 0 aliphatic heterocycles. The molecule has 0 aromatic heterocycles. The van der Waals surface area contributed by atoms with E-state index in [0.717, 1.165) is 40.3 Å². The normalized spacial score (nSPS) is 11.1. The van der Waals surface area contributed by atoms with Gasteiger partial charge in [0.05, 0.1) is 6.61 Å². The van der Waals surface area contributed by atoms with Crippen molar-refractivity contribution in [1.82, 2.24) is 0 Å². The first-order chi connectivity index (χ1) is 10.3. The average Bonchev–Trinajstić information content (AvgIpc) is 2.50. The zero-order valence-electron chi connectivity index (χ0n) is 12.3. The number of phenolic OH excluding ortho intramolecular Hbond substituents is 1. The van der Waals surface area contributed by atoms with Crippen LogP contribution in [-0.4, -0.2) is 11.7 Å². The standard InChI is InChI=1S/C19H20O2/c1-2-3-4-11-21-19-10-6-8-15-12-14-7-5-9-18(20)16(14)13-17(15)19/h5-10,12-13,20H,2-4,11H2,1H3. The van der Waals surface area contributed by atoms with Gasteiger partial charge >= 0.3 is 0 Å². The van der Waals surface area contributed by atoms with Crippen LogP contribution in [0.5, 0.6) is 11.5 Å². The van der Waals surface area contributed by atoms with Crippen LogP contribution in [0.2, 0.25) is 0 Å². The SMILES string of the molecule is CCCCCOc1cccc2cc3cccc(O)c3cc12. The Balaban J connectivity index is 2.02. The minimum Gasteiger partial charge on any atom is -0.507 e. The van der Waals surface area contributed by atoms with Crippen LogP contribution >= 0.6 is 0 Å². The van der Waals surface area contributed by atoms with E-state index in [0.29, 0.717) is 5.75 Å². The summed E-state index contributed by atoms with van der Waals surface area (Å²) in [5.41, 5.74) is 0. The molecule has 0 amide bonds. The number of hydrogen-bond donors (Lipinski definition) is 1. The average molecular weight is 280 g/mol. The van der Waals surface area contributed by atoms with Gasteiger partial charge in [-0.25, -0.2) is 0 Å². The molecular formula is C19H20O2. The van der Waals surface area contributed by atoms with Gasteiger partial charge in [-0.15, -0.1) is 0 Å². The Morgan fingerprint density at radius 3 is 2.48 bits per heavy atom. The molecule has 0 fully saturated rings. The summed E-state index contributed by atoms with van der Waals surface area (Å²) in [6.07, 6.45) is 3.46. The van der Waals surface area contributed by atoms with Crippen LogP contribution in [-0.2, 0) is 0 Å². The lowest BCUT2D eigenvalue weighted by Gasteiger charge is -2.11. The lowest BCUT2D eigenvalue weighted by molar-refractivity contribution is 0.310. The van der Waals surface area contributed by atoms with Crippen molar-refractivity contribution < 1.29 is 9.84 Å². The number of aromatic hydroxyl groups is 1. The van der Waals surface area contributed by atoms with Crippen LogP contribution in [0.1, 0.15) is 26.2 Å². The van der Waals surface area contributed by atoms with Crippen molar-refractivity contribution in [1.29, 1.82) is 0 Å². The van der Waals surface area contributed by atoms with E-state index in [9.17, 15) is 5.11 Å². The summed E-state index contributed by atoms with van der Waals surface area (Å²) in [6, 6.07) is 15.8. The fourth-order valence-electron chi connectivity index (χ4n) is 2.67. The van der Waals surface area contributed by atoms with Crippen molar-refractivity contribution in [2.45, 2.75) is 26.2 Å². The van der Waals surface area contributed by atoms with Crippen molar-refractivity contribution in [3.05, 3.63) is 48.5 Å². The number of ether oxygens (including phenoxy) is 1. The first kappa shape index (κ1) is 13.7. The van der Waals surface area contributed by atoms with E-state index in [1.54, 1.807) is 6.07 Å². The molecule has 0 aliphatic carbocycles. The van der Waals surface area contributed by atoms with Gasteiger partial charge in [-0.1, -0.05) is 44.0 Å². The fourth-order valence-corrected chi connectivity index (χ4v) is 2.67. The molecule has 0 saturated heterocycles. The fraction of sp³-hybridized carbons (Fsp3) is 0.263. The van der Waals surface area contributed by atoms with Gasteiger partial charge in [-0.2, -0.15) is 0 Å². The minimum atomic E-state index is 0.315. The smallest absolute Gasteiger partial charge is 0.127 e. The predicted molar refractivity (Wildman–Crippen MR) is 88.1 cm³/mol. The van der Waals surface area contributed by atoms with Gasteiger partial charge in [0, 0.05) is 10.8 Å². The summed E-state index contributed by atoms with van der Waals surface area (Å²) < 4.78 is 5.93. The zero-order valence-corrected chi connectivity index (χ0v) is 12.3. The van der Waals surface area contributed by atoms with E-state index in [2.05, 4.69) is 19.1 Å². The number of phenols is 1. The Labute approximate surface area is 125 Å². The van der Waals surface area contributed by atoms with Gasteiger partial charge < -0.3 is 9.84 Å². The van der Waals surface area contributed by atoms with Crippen molar-refractivity contribution in [3.8, 4) is 11.5 Å². The molecule has 1 N–H and O–H groups in total. The van der Waals surface area contributed by atoms with E-state index in [4.69, 9.17) is 4.74 Å². The van der Waals surface area contributed by atoms with Gasteiger partial charge in [0.25, 0.3) is 0 Å². The largest absolute Gasteiger partial charge is 0.507 e. The van der Waals surface area contributed by atoms with Crippen LogP contribution in [0.3, 0.4) is 0 Å². The third-order valence-electron chi connectivity index (χ3n) is 3.82. The van der Waals surface area contributed by atoms with Crippen LogP contribution < -0.4 is 4.74 Å². The molecular weight excluding hydrogens is 260 g/mol. The molecule has 3 aromatic carbocycles. The molecule has 0 atom stereocenters. The molecule has 3 aromatic rings. The Hall–Kier alpha value is -2.22. The molecule has 108 valence electrons. The zero-order chi connectivity index (χ0) is 14.7. The quantitative estimate of drug-likeness (QED) is 0.509. The molecule has 0 saturated carbocycles. The van der Waals surface area contributed by atoms with Crippen LogP contribution in [0.15, 0.2) is 48.5 Å². The Morgan fingerprint density at radius 2 is 1.67 bits per heavy atom. The molecule has 0 bridgehead atoms. The summed E-state index contributed by atoms with van der Waals surface area (Å²) in [4.78, 5) is 0. The van der Waals surface area contributed by atoms with E-state index in [1.165, 1.54) is 12.8 Å². The molecule has 0 heterocycles. The maximum Gasteiger partial charge on any atom is 0.127 e. The topological polar surface area (TPSA) is 29.5 Å². The molecule has 21 heavy (non-hydrogen) atoms. The number of unbranched alkanes of at least 4 members (excludes halogenated alkanes) is 2. The lowest BCUT2D eigenvalue weighted by Crippen LogP contribution is -1.97. The summed E-state index contributed by atoms with van der Waals surface area (Å²) >= 11 is 0. The first-order valence-corrected chi connectivity index (χ1v) is 7.57. The maximum absolute atomic E-state index is 10.0. The maximum atomic E-state index is 10.0. The van der Waals surface area contributed by atoms with E-state index in [-0.39, 0.29) is 0 Å². The monoisotopic (exact) mass is 280 g/mol. The molecule has 0 spiro atoms. The van der Waals surface area contributed by atoms with Crippen LogP contribution in [0.4, 0.5) is 0 Å². The predicted octanol–water partition coefficient (Wildman–Crippen LogP) is 5.27. The van der Waals surface area contributed by atoms with Crippen molar-refractivity contribution in [3.63, 3.8) is 0 Å². The molecule has 3 rings (SSSR count). The van der Waals surface area contributed by atoms with Crippen molar-refractivity contribution >= 4 is 21.5 Å². The first-order valence-electron chi connectivity index (χ1n) is 7.57. The molecule has 2 heteroatoms. The molecule has 0 unspecified atom stereocenters. The van der Waals surface area contributed by atoms with Gasteiger partial charge in [0.1, 0.15) is 11.5 Å². The molecule has 0 aliphatic rings. The molecule has 2 nitrogen and oxygen atoms in total. The van der Waals surface area contributed by atoms with E-state index >= 15 is 0 Å². The van der Waals surface area contributed by atoms with E-state index < -0.39 is 0 Å². The second-order valence-electron chi connectivity index (χ2n) is 5.38. The van der Waals surface area contributed by atoms with Gasteiger partial charge in [-0.05, 0) is 41.5 Å². The Kier molecular flexibility index (Phi) is 3.96. The highest BCUT2D eigenvalue weighted by Crippen LogP contribution is 2.33. The molecule has 0 radical (unpaired) electrons. The third-order valence-corrected chi connectivity index (χ3v) is 3.82. The van der Waals surface area contributed by atoms with Crippen LogP contribution in [0, 0.1) is 0 Å². The second-order valence-corrected chi connectivity index (χ2v) is 5.38.